The molecule has 1 aliphatic rings. The molecule has 1 aromatic carbocycles. The number of nitrogens with zero attached hydrogens (tertiary/aromatic N) is 1. The highest BCUT2D eigenvalue weighted by Gasteiger charge is 2.31. The van der Waals surface area contributed by atoms with Crippen LogP contribution in [0.15, 0.2) is 35.5 Å². The molecule has 118 valence electrons. The predicted molar refractivity (Wildman–Crippen MR) is 82.9 cm³/mol. The van der Waals surface area contributed by atoms with Crippen LogP contribution in [-0.4, -0.2) is 23.6 Å². The van der Waals surface area contributed by atoms with Crippen LogP contribution in [0.1, 0.15) is 38.4 Å². The van der Waals surface area contributed by atoms with E-state index in [1.807, 2.05) is 44.2 Å². The number of carbonyl (C=O) groups is 2. The Kier molecular flexibility index (Phi) is 5.14. The lowest BCUT2D eigenvalue weighted by molar-refractivity contribution is -0.125. The topological polar surface area (TPSA) is 93.8 Å². The van der Waals surface area contributed by atoms with Gasteiger partial charge in [-0.3, -0.25) is 9.59 Å². The minimum atomic E-state index is -0.698. The Morgan fingerprint density at radius 3 is 2.68 bits per heavy atom. The Bertz CT molecular complexity index is 571. The molecule has 0 saturated carbocycles. The molecule has 6 nitrogen and oxygen atoms in total. The molecule has 3 N–H and O–H groups in total. The number of nitrogens with one attached hydrogen (secondary N) is 1. The van der Waals surface area contributed by atoms with Crippen LogP contribution in [0, 0.1) is 5.92 Å². The summed E-state index contributed by atoms with van der Waals surface area (Å²) < 4.78 is 0. The predicted octanol–water partition coefficient (Wildman–Crippen LogP) is 1.52. The Labute approximate surface area is 129 Å². The molecule has 0 spiro atoms. The van der Waals surface area contributed by atoms with E-state index >= 15 is 0 Å². The summed E-state index contributed by atoms with van der Waals surface area (Å²) in [6.07, 6.45) is 0.850. The van der Waals surface area contributed by atoms with Crippen LogP contribution in [-0.2, 0) is 14.4 Å². The molecule has 6 heteroatoms. The fraction of sp³-hybridized carbons (Fsp3) is 0.438. The molecule has 0 radical (unpaired) electrons. The van der Waals surface area contributed by atoms with Gasteiger partial charge in [0.2, 0.25) is 5.91 Å². The molecule has 0 saturated heterocycles. The van der Waals surface area contributed by atoms with Crippen molar-refractivity contribution in [1.29, 1.82) is 0 Å². The van der Waals surface area contributed by atoms with Gasteiger partial charge in [-0.1, -0.05) is 55.8 Å². The fourth-order valence-electron chi connectivity index (χ4n) is 2.31. The van der Waals surface area contributed by atoms with Gasteiger partial charge in [0.05, 0.1) is 0 Å². The van der Waals surface area contributed by atoms with E-state index in [0.29, 0.717) is 6.42 Å². The highest BCUT2D eigenvalue weighted by atomic mass is 16.6. The molecule has 2 amide bonds. The first kappa shape index (κ1) is 16.0. The Morgan fingerprint density at radius 1 is 1.41 bits per heavy atom. The lowest BCUT2D eigenvalue weighted by Crippen LogP contribution is -2.50. The monoisotopic (exact) mass is 303 g/mol. The van der Waals surface area contributed by atoms with Crippen LogP contribution in [0.2, 0.25) is 0 Å². The molecule has 0 fully saturated rings. The number of primary amides is 1. The summed E-state index contributed by atoms with van der Waals surface area (Å²) in [6.45, 7) is 3.81. The number of oxime groups is 1. The maximum atomic E-state index is 12.2. The summed E-state index contributed by atoms with van der Waals surface area (Å²) in [4.78, 5) is 29.0. The van der Waals surface area contributed by atoms with Crippen molar-refractivity contribution in [2.24, 2.45) is 16.8 Å². The van der Waals surface area contributed by atoms with Gasteiger partial charge in [0.25, 0.3) is 5.91 Å². The minimum absolute atomic E-state index is 0.0331. The maximum absolute atomic E-state index is 12.2. The van der Waals surface area contributed by atoms with Crippen molar-refractivity contribution < 1.29 is 14.4 Å². The first-order valence-corrected chi connectivity index (χ1v) is 7.40. The second-order valence-corrected chi connectivity index (χ2v) is 5.49. The number of benzene rings is 1. The third-order valence-corrected chi connectivity index (χ3v) is 3.91. The molecule has 3 atom stereocenters. The first-order valence-electron chi connectivity index (χ1n) is 7.40. The molecule has 2 rings (SSSR count). The molecule has 0 aromatic heterocycles. The second kappa shape index (κ2) is 7.06. The molecular formula is C16H21N3O3. The standard InChI is InChI=1S/C16H21N3O3/c1-3-10(2)14(15(17)20)18-16(21)12-9-13(22-19-12)11-7-5-4-6-8-11/h4-8,10,13-14H,3,9H2,1-2H3,(H2,17,20)(H,18,21). The van der Waals surface area contributed by atoms with E-state index in [2.05, 4.69) is 10.5 Å². The molecule has 22 heavy (non-hydrogen) atoms. The Balaban J connectivity index is 1.98. The SMILES string of the molecule is CCC(C)C(NC(=O)C1=NOC(c2ccccc2)C1)C(N)=O. The largest absolute Gasteiger partial charge is 0.387 e. The minimum Gasteiger partial charge on any atom is -0.387 e. The summed E-state index contributed by atoms with van der Waals surface area (Å²) >= 11 is 0. The smallest absolute Gasteiger partial charge is 0.269 e. The third kappa shape index (κ3) is 3.63. The highest BCUT2D eigenvalue weighted by Crippen LogP contribution is 2.27. The van der Waals surface area contributed by atoms with Gasteiger partial charge in [-0.2, -0.15) is 0 Å². The molecule has 1 heterocycles. The van der Waals surface area contributed by atoms with Crippen molar-refractivity contribution in [3.05, 3.63) is 35.9 Å². The van der Waals surface area contributed by atoms with Crippen LogP contribution in [0.5, 0.6) is 0 Å². The van der Waals surface area contributed by atoms with Crippen LogP contribution in [0.4, 0.5) is 0 Å². The van der Waals surface area contributed by atoms with E-state index in [1.165, 1.54) is 0 Å². The molecule has 3 unspecified atom stereocenters. The lowest BCUT2D eigenvalue weighted by atomic mass is 9.98. The zero-order valence-corrected chi connectivity index (χ0v) is 12.8. The van der Waals surface area contributed by atoms with E-state index < -0.39 is 17.9 Å². The first-order chi connectivity index (χ1) is 10.5. The molecule has 1 aliphatic heterocycles. The highest BCUT2D eigenvalue weighted by molar-refractivity contribution is 6.39. The van der Waals surface area contributed by atoms with Crippen molar-refractivity contribution in [2.75, 3.05) is 0 Å². The van der Waals surface area contributed by atoms with E-state index in [4.69, 9.17) is 10.6 Å². The van der Waals surface area contributed by atoms with Gasteiger partial charge in [0, 0.05) is 6.42 Å². The quantitative estimate of drug-likeness (QED) is 0.834. The summed E-state index contributed by atoms with van der Waals surface area (Å²) in [5.74, 6) is -0.973. The number of amides is 2. The maximum Gasteiger partial charge on any atom is 0.269 e. The number of nitrogens with two attached hydrogens (primary N) is 1. The second-order valence-electron chi connectivity index (χ2n) is 5.49. The Morgan fingerprint density at radius 2 is 2.09 bits per heavy atom. The van der Waals surface area contributed by atoms with E-state index in [1.54, 1.807) is 0 Å². The van der Waals surface area contributed by atoms with Crippen molar-refractivity contribution in [1.82, 2.24) is 5.32 Å². The third-order valence-electron chi connectivity index (χ3n) is 3.91. The van der Waals surface area contributed by atoms with Gasteiger partial charge in [0.15, 0.2) is 6.10 Å². The van der Waals surface area contributed by atoms with Crippen LogP contribution < -0.4 is 11.1 Å². The van der Waals surface area contributed by atoms with Crippen LogP contribution in [0.25, 0.3) is 0 Å². The summed E-state index contributed by atoms with van der Waals surface area (Å²) in [5, 5.41) is 6.50. The average Bonchev–Trinajstić information content (AvgIpc) is 3.02. The molecule has 0 bridgehead atoms. The number of carbonyl (C=O) groups excluding carboxylic acids is 2. The van der Waals surface area contributed by atoms with E-state index in [0.717, 1.165) is 12.0 Å². The van der Waals surface area contributed by atoms with Crippen LogP contribution >= 0.6 is 0 Å². The average molecular weight is 303 g/mol. The van der Waals surface area contributed by atoms with Gasteiger partial charge in [-0.05, 0) is 11.5 Å². The van der Waals surface area contributed by atoms with Gasteiger partial charge in [0.1, 0.15) is 11.8 Å². The van der Waals surface area contributed by atoms with Gasteiger partial charge >= 0.3 is 0 Å². The fourth-order valence-corrected chi connectivity index (χ4v) is 2.31. The van der Waals surface area contributed by atoms with Crippen molar-refractivity contribution >= 4 is 17.5 Å². The number of hydrogen-bond donors (Lipinski definition) is 2. The molecule has 1 aromatic rings. The normalized spacial score (nSPS) is 19.7. The van der Waals surface area contributed by atoms with Gasteiger partial charge in [-0.25, -0.2) is 0 Å². The zero-order valence-electron chi connectivity index (χ0n) is 12.8. The number of rotatable bonds is 6. The van der Waals surface area contributed by atoms with Gasteiger partial charge < -0.3 is 15.9 Å². The molecular weight excluding hydrogens is 282 g/mol. The van der Waals surface area contributed by atoms with Crippen LogP contribution in [0.3, 0.4) is 0 Å². The lowest BCUT2D eigenvalue weighted by Gasteiger charge is -2.20. The van der Waals surface area contributed by atoms with E-state index in [-0.39, 0.29) is 17.7 Å². The van der Waals surface area contributed by atoms with Crippen molar-refractivity contribution in [3.8, 4) is 0 Å². The zero-order chi connectivity index (χ0) is 16.1. The number of hydrogen-bond acceptors (Lipinski definition) is 4. The summed E-state index contributed by atoms with van der Waals surface area (Å²) in [7, 11) is 0. The Hall–Kier alpha value is -2.37. The van der Waals surface area contributed by atoms with Crippen molar-refractivity contribution in [2.45, 2.75) is 38.8 Å². The molecule has 0 aliphatic carbocycles. The summed E-state index contributed by atoms with van der Waals surface area (Å²) in [6, 6.07) is 8.87. The summed E-state index contributed by atoms with van der Waals surface area (Å²) in [5.41, 5.74) is 6.60. The van der Waals surface area contributed by atoms with E-state index in [9.17, 15) is 9.59 Å². The van der Waals surface area contributed by atoms with Gasteiger partial charge in [-0.15, -0.1) is 0 Å². The van der Waals surface area contributed by atoms with Crippen molar-refractivity contribution in [3.63, 3.8) is 0 Å².